The van der Waals surface area contributed by atoms with E-state index in [0.717, 1.165) is 6.42 Å². The van der Waals surface area contributed by atoms with Gasteiger partial charge in [0.25, 0.3) is 0 Å². The summed E-state index contributed by atoms with van der Waals surface area (Å²) >= 11 is 0. The van der Waals surface area contributed by atoms with Crippen molar-refractivity contribution >= 4 is 0 Å². The topological polar surface area (TPSA) is 0 Å². The van der Waals surface area contributed by atoms with Gasteiger partial charge in [-0.15, -0.1) is 0 Å². The summed E-state index contributed by atoms with van der Waals surface area (Å²) in [5.41, 5.74) is 0. The van der Waals surface area contributed by atoms with Crippen LogP contribution in [0.25, 0.3) is 0 Å². The Labute approximate surface area is 97.2 Å². The lowest BCUT2D eigenvalue weighted by molar-refractivity contribution is 0.599. The first-order valence-electron chi connectivity index (χ1n) is 6.86. The first-order valence-corrected chi connectivity index (χ1v) is 6.86. The van der Waals surface area contributed by atoms with Crippen LogP contribution in [0, 0.1) is 6.92 Å². The fraction of sp³-hybridized carbons (Fsp3) is 0.800. The van der Waals surface area contributed by atoms with Gasteiger partial charge >= 0.3 is 0 Å². The minimum Gasteiger partial charge on any atom is -0.0885 e. The number of allylic oxidation sites excluding steroid dienone is 2. The van der Waals surface area contributed by atoms with Gasteiger partial charge in [-0.1, -0.05) is 77.4 Å². The highest BCUT2D eigenvalue weighted by Crippen LogP contribution is 2.08. The quantitative estimate of drug-likeness (QED) is 0.303. The maximum Gasteiger partial charge on any atom is -0.0351 e. The molecule has 0 unspecified atom stereocenters. The van der Waals surface area contributed by atoms with Crippen molar-refractivity contribution in [2.24, 2.45) is 0 Å². The molecule has 0 rings (SSSR count). The summed E-state index contributed by atoms with van der Waals surface area (Å²) < 4.78 is 0. The van der Waals surface area contributed by atoms with Crippen molar-refractivity contribution in [1.29, 1.82) is 0 Å². The van der Waals surface area contributed by atoms with Crippen LogP contribution < -0.4 is 0 Å². The molecule has 0 bridgehead atoms. The first-order chi connectivity index (χ1) is 7.41. The number of unbranched alkanes of at least 4 members (excludes halogenated alkanes) is 9. The molecule has 0 aromatic heterocycles. The molecule has 0 N–H and O–H groups in total. The van der Waals surface area contributed by atoms with E-state index >= 15 is 0 Å². The third kappa shape index (κ3) is 13.7. The lowest BCUT2D eigenvalue weighted by Crippen LogP contribution is -1.79. The van der Waals surface area contributed by atoms with Crippen LogP contribution >= 0.6 is 0 Å². The van der Waals surface area contributed by atoms with Crippen molar-refractivity contribution in [3.8, 4) is 0 Å². The molecule has 0 aliphatic carbocycles. The van der Waals surface area contributed by atoms with Gasteiger partial charge < -0.3 is 0 Å². The summed E-state index contributed by atoms with van der Waals surface area (Å²) in [7, 11) is 0. The van der Waals surface area contributed by atoms with Crippen molar-refractivity contribution < 1.29 is 0 Å². The van der Waals surface area contributed by atoms with E-state index in [2.05, 4.69) is 26.0 Å². The van der Waals surface area contributed by atoms with Gasteiger partial charge in [0.05, 0.1) is 0 Å². The Kier molecular flexibility index (Phi) is 13.5. The molecule has 0 heterocycles. The Morgan fingerprint density at radius 3 is 1.87 bits per heavy atom. The van der Waals surface area contributed by atoms with Crippen LogP contribution in [0.3, 0.4) is 0 Å². The van der Waals surface area contributed by atoms with Gasteiger partial charge in [-0.05, 0) is 19.3 Å². The van der Waals surface area contributed by atoms with E-state index in [0.29, 0.717) is 0 Å². The average molecular weight is 209 g/mol. The van der Waals surface area contributed by atoms with E-state index in [1.165, 1.54) is 64.2 Å². The van der Waals surface area contributed by atoms with E-state index in [1.54, 1.807) is 0 Å². The van der Waals surface area contributed by atoms with E-state index in [4.69, 9.17) is 0 Å². The highest BCUT2D eigenvalue weighted by molar-refractivity contribution is 4.81. The molecule has 0 aromatic carbocycles. The normalized spacial score (nSPS) is 11.3. The van der Waals surface area contributed by atoms with Gasteiger partial charge in [0.1, 0.15) is 0 Å². The summed E-state index contributed by atoms with van der Waals surface area (Å²) in [5.74, 6) is 0. The van der Waals surface area contributed by atoms with E-state index in [-0.39, 0.29) is 0 Å². The molecule has 0 aromatic rings. The number of hydrogen-bond donors (Lipinski definition) is 0. The molecule has 0 saturated heterocycles. The van der Waals surface area contributed by atoms with Gasteiger partial charge in [0, 0.05) is 0 Å². The predicted molar refractivity (Wildman–Crippen MR) is 71.0 cm³/mol. The van der Waals surface area contributed by atoms with E-state index in [9.17, 15) is 0 Å². The molecule has 89 valence electrons. The van der Waals surface area contributed by atoms with E-state index < -0.39 is 0 Å². The Balaban J connectivity index is 2.95. The Hall–Kier alpha value is -0.260. The maximum atomic E-state index is 3.86. The lowest BCUT2D eigenvalue weighted by Gasteiger charge is -1.98. The van der Waals surface area contributed by atoms with Crippen LogP contribution in [0.1, 0.15) is 77.6 Å². The summed E-state index contributed by atoms with van der Waals surface area (Å²) in [6.45, 7) is 6.11. The molecule has 0 aliphatic rings. The SMILES string of the molecule is [CH2]CCCCCCCC/C=C\CCCC. The van der Waals surface area contributed by atoms with Gasteiger partial charge in [-0.2, -0.15) is 0 Å². The monoisotopic (exact) mass is 209 g/mol. The van der Waals surface area contributed by atoms with Crippen LogP contribution in [0.5, 0.6) is 0 Å². The summed E-state index contributed by atoms with van der Waals surface area (Å²) in [5, 5.41) is 0. The largest absolute Gasteiger partial charge is 0.0885 e. The first kappa shape index (κ1) is 14.7. The van der Waals surface area contributed by atoms with Crippen molar-refractivity contribution in [1.82, 2.24) is 0 Å². The zero-order valence-electron chi connectivity index (χ0n) is 10.6. The molecule has 0 amide bonds. The van der Waals surface area contributed by atoms with Gasteiger partial charge in [0.2, 0.25) is 0 Å². The van der Waals surface area contributed by atoms with Crippen LogP contribution in [-0.4, -0.2) is 0 Å². The maximum absolute atomic E-state index is 3.86. The third-order valence-corrected chi connectivity index (χ3v) is 2.76. The second kappa shape index (κ2) is 13.7. The van der Waals surface area contributed by atoms with Gasteiger partial charge in [0.15, 0.2) is 0 Å². The summed E-state index contributed by atoms with van der Waals surface area (Å²) in [6, 6.07) is 0. The highest BCUT2D eigenvalue weighted by atomic mass is 14.0. The van der Waals surface area contributed by atoms with Crippen molar-refractivity contribution in [2.45, 2.75) is 77.6 Å². The molecule has 0 aliphatic heterocycles. The molecular formula is C15H29. The minimum atomic E-state index is 1.11. The molecule has 0 spiro atoms. The average Bonchev–Trinajstić information content (AvgIpc) is 2.26. The van der Waals surface area contributed by atoms with Crippen LogP contribution in [0.4, 0.5) is 0 Å². The fourth-order valence-corrected chi connectivity index (χ4v) is 1.70. The Morgan fingerprint density at radius 1 is 0.733 bits per heavy atom. The van der Waals surface area contributed by atoms with Crippen molar-refractivity contribution in [3.05, 3.63) is 19.1 Å². The van der Waals surface area contributed by atoms with Crippen LogP contribution in [0.2, 0.25) is 0 Å². The van der Waals surface area contributed by atoms with Gasteiger partial charge in [-0.25, -0.2) is 0 Å². The molecular weight excluding hydrogens is 180 g/mol. The molecule has 0 fully saturated rings. The molecule has 1 radical (unpaired) electrons. The van der Waals surface area contributed by atoms with Crippen molar-refractivity contribution in [2.75, 3.05) is 0 Å². The van der Waals surface area contributed by atoms with Crippen molar-refractivity contribution in [3.63, 3.8) is 0 Å². The van der Waals surface area contributed by atoms with Crippen LogP contribution in [-0.2, 0) is 0 Å². The molecule has 15 heavy (non-hydrogen) atoms. The molecule has 0 nitrogen and oxygen atoms in total. The van der Waals surface area contributed by atoms with Gasteiger partial charge in [-0.3, -0.25) is 0 Å². The highest BCUT2D eigenvalue weighted by Gasteiger charge is 1.89. The molecule has 0 atom stereocenters. The summed E-state index contributed by atoms with van der Waals surface area (Å²) in [6.07, 6.45) is 19.4. The standard InChI is InChI=1S/C15H29/c1-3-5-7-9-11-13-15-14-12-10-8-6-4-2/h10,12H,1,3-9,11,13-15H2,2H3/b12-10-. The number of hydrogen-bond acceptors (Lipinski definition) is 0. The lowest BCUT2D eigenvalue weighted by atomic mass is 10.1. The zero-order valence-corrected chi connectivity index (χ0v) is 10.6. The minimum absolute atomic E-state index is 1.11. The predicted octanol–water partition coefficient (Wildman–Crippen LogP) is 5.69. The van der Waals surface area contributed by atoms with E-state index in [1.807, 2.05) is 0 Å². The second-order valence-electron chi connectivity index (χ2n) is 4.38. The molecule has 0 saturated carbocycles. The summed E-state index contributed by atoms with van der Waals surface area (Å²) in [4.78, 5) is 0. The zero-order chi connectivity index (χ0) is 11.2. The Morgan fingerprint density at radius 2 is 1.27 bits per heavy atom. The Bertz CT molecular complexity index is 124. The smallest absolute Gasteiger partial charge is 0.0351 e. The van der Waals surface area contributed by atoms with Crippen LogP contribution in [0.15, 0.2) is 12.2 Å². The molecule has 0 heteroatoms. The third-order valence-electron chi connectivity index (χ3n) is 2.76. The fourth-order valence-electron chi connectivity index (χ4n) is 1.70. The number of rotatable bonds is 11. The second-order valence-corrected chi connectivity index (χ2v) is 4.38.